The molecule has 1 aliphatic heterocycles. The Hall–Kier alpha value is -2.44. The molecular weight excluding hydrogens is 316 g/mol. The fourth-order valence-corrected chi connectivity index (χ4v) is 3.18. The highest BCUT2D eigenvalue weighted by Gasteiger charge is 2.20. The summed E-state index contributed by atoms with van der Waals surface area (Å²) in [6, 6.07) is 14.6. The van der Waals surface area contributed by atoms with Crippen molar-refractivity contribution in [1.82, 2.24) is 19.7 Å². The summed E-state index contributed by atoms with van der Waals surface area (Å²) >= 11 is 0. The van der Waals surface area contributed by atoms with Gasteiger partial charge in [-0.15, -0.1) is 0 Å². The average Bonchev–Trinajstić information content (AvgIpc) is 3.15. The van der Waals surface area contributed by atoms with Gasteiger partial charge >= 0.3 is 0 Å². The van der Waals surface area contributed by atoms with Gasteiger partial charge in [0.05, 0.1) is 19.3 Å². The molecule has 2 aromatic carbocycles. The number of aromatic nitrogens is 3. The molecule has 0 amide bonds. The number of ether oxygens (including phenoxy) is 2. The van der Waals surface area contributed by atoms with Crippen LogP contribution in [-0.2, 0) is 11.3 Å². The molecular formula is C19H22N4O2. The second-order valence-electron chi connectivity index (χ2n) is 6.27. The van der Waals surface area contributed by atoms with Gasteiger partial charge in [-0.2, -0.15) is 5.10 Å². The Morgan fingerprint density at radius 3 is 2.96 bits per heavy atom. The van der Waals surface area contributed by atoms with Crippen LogP contribution in [0, 0.1) is 0 Å². The van der Waals surface area contributed by atoms with Crippen molar-refractivity contribution in [3.05, 3.63) is 55.1 Å². The lowest BCUT2D eigenvalue weighted by Gasteiger charge is -2.32. The van der Waals surface area contributed by atoms with E-state index >= 15 is 0 Å². The van der Waals surface area contributed by atoms with Crippen LogP contribution in [0.25, 0.3) is 10.8 Å². The smallest absolute Gasteiger partial charge is 0.137 e. The van der Waals surface area contributed by atoms with Crippen molar-refractivity contribution < 1.29 is 9.47 Å². The molecule has 1 aliphatic rings. The largest absolute Gasteiger partial charge is 0.492 e. The third-order valence-electron chi connectivity index (χ3n) is 4.48. The molecule has 25 heavy (non-hydrogen) atoms. The highest BCUT2D eigenvalue weighted by atomic mass is 16.5. The molecule has 0 bridgehead atoms. The van der Waals surface area contributed by atoms with Crippen LogP contribution in [0.15, 0.2) is 55.1 Å². The van der Waals surface area contributed by atoms with Gasteiger partial charge in [-0.1, -0.05) is 30.3 Å². The lowest BCUT2D eigenvalue weighted by molar-refractivity contribution is -0.0401. The van der Waals surface area contributed by atoms with Crippen molar-refractivity contribution in [2.24, 2.45) is 0 Å². The number of morpholine rings is 1. The molecule has 130 valence electrons. The number of hydrogen-bond donors (Lipinski definition) is 0. The predicted octanol–water partition coefficient (Wildman–Crippen LogP) is 2.21. The summed E-state index contributed by atoms with van der Waals surface area (Å²) in [4.78, 5) is 6.36. The van der Waals surface area contributed by atoms with Gasteiger partial charge in [-0.3, -0.25) is 9.58 Å². The van der Waals surface area contributed by atoms with Crippen molar-refractivity contribution in [2.45, 2.75) is 12.6 Å². The summed E-state index contributed by atoms with van der Waals surface area (Å²) < 4.78 is 13.6. The third kappa shape index (κ3) is 4.15. The molecule has 2 heterocycles. The summed E-state index contributed by atoms with van der Waals surface area (Å²) in [7, 11) is 0. The van der Waals surface area contributed by atoms with Crippen molar-refractivity contribution in [3.63, 3.8) is 0 Å². The highest BCUT2D eigenvalue weighted by Crippen LogP contribution is 2.20. The van der Waals surface area contributed by atoms with Crippen molar-refractivity contribution in [1.29, 1.82) is 0 Å². The van der Waals surface area contributed by atoms with E-state index in [2.05, 4.69) is 51.4 Å². The van der Waals surface area contributed by atoms with Crippen molar-refractivity contribution >= 4 is 10.8 Å². The number of rotatable bonds is 6. The first kappa shape index (κ1) is 16.1. The Bertz CT molecular complexity index is 806. The van der Waals surface area contributed by atoms with Crippen molar-refractivity contribution in [2.75, 3.05) is 32.8 Å². The van der Waals surface area contributed by atoms with Crippen molar-refractivity contribution in [3.8, 4) is 5.75 Å². The van der Waals surface area contributed by atoms with Gasteiger partial charge in [0.25, 0.3) is 0 Å². The number of hydrogen-bond acceptors (Lipinski definition) is 5. The Morgan fingerprint density at radius 1 is 1.16 bits per heavy atom. The predicted molar refractivity (Wildman–Crippen MR) is 95.6 cm³/mol. The first-order valence-electron chi connectivity index (χ1n) is 8.65. The van der Waals surface area contributed by atoms with Gasteiger partial charge in [0.2, 0.25) is 0 Å². The van der Waals surface area contributed by atoms with E-state index in [0.717, 1.165) is 38.5 Å². The van der Waals surface area contributed by atoms with Crippen LogP contribution in [0.4, 0.5) is 0 Å². The minimum atomic E-state index is 0.149. The molecule has 0 unspecified atom stereocenters. The third-order valence-corrected chi connectivity index (χ3v) is 4.48. The van der Waals surface area contributed by atoms with E-state index in [1.807, 2.05) is 10.7 Å². The summed E-state index contributed by atoms with van der Waals surface area (Å²) in [5.74, 6) is 0.922. The average molecular weight is 338 g/mol. The fourth-order valence-electron chi connectivity index (χ4n) is 3.18. The van der Waals surface area contributed by atoms with E-state index in [4.69, 9.17) is 9.47 Å². The van der Waals surface area contributed by atoms with Crippen LogP contribution in [-0.4, -0.2) is 58.6 Å². The highest BCUT2D eigenvalue weighted by molar-refractivity contribution is 5.83. The molecule has 6 nitrogen and oxygen atoms in total. The van der Waals surface area contributed by atoms with Crippen LogP contribution >= 0.6 is 0 Å². The summed E-state index contributed by atoms with van der Waals surface area (Å²) in [5.41, 5.74) is 0. The lowest BCUT2D eigenvalue weighted by Crippen LogP contribution is -2.45. The maximum absolute atomic E-state index is 5.95. The van der Waals surface area contributed by atoms with Crippen LogP contribution < -0.4 is 4.74 Å². The Kier molecular flexibility index (Phi) is 4.90. The Balaban J connectivity index is 1.27. The molecule has 0 aliphatic carbocycles. The van der Waals surface area contributed by atoms with E-state index in [0.29, 0.717) is 6.61 Å². The normalized spacial score (nSPS) is 18.5. The molecule has 0 spiro atoms. The molecule has 6 heteroatoms. The monoisotopic (exact) mass is 338 g/mol. The topological polar surface area (TPSA) is 52.4 Å². The van der Waals surface area contributed by atoms with Gasteiger partial charge < -0.3 is 9.47 Å². The van der Waals surface area contributed by atoms with E-state index in [9.17, 15) is 0 Å². The van der Waals surface area contributed by atoms with Gasteiger partial charge in [-0.05, 0) is 22.9 Å². The Morgan fingerprint density at radius 2 is 2.08 bits per heavy atom. The van der Waals surface area contributed by atoms with E-state index in [-0.39, 0.29) is 6.10 Å². The summed E-state index contributed by atoms with van der Waals surface area (Å²) in [6.07, 6.45) is 3.43. The molecule has 3 aromatic rings. The van der Waals surface area contributed by atoms with Crippen LogP contribution in [0.2, 0.25) is 0 Å². The molecule has 1 saturated heterocycles. The minimum Gasteiger partial charge on any atom is -0.492 e. The van der Waals surface area contributed by atoms with E-state index in [1.54, 1.807) is 12.7 Å². The van der Waals surface area contributed by atoms with Crippen LogP contribution in [0.5, 0.6) is 5.75 Å². The molecule has 0 N–H and O–H groups in total. The first-order valence-corrected chi connectivity index (χ1v) is 8.65. The van der Waals surface area contributed by atoms with Crippen LogP contribution in [0.3, 0.4) is 0 Å². The maximum atomic E-state index is 5.95. The Labute approximate surface area is 147 Å². The van der Waals surface area contributed by atoms with Crippen LogP contribution in [0.1, 0.15) is 0 Å². The second-order valence-corrected chi connectivity index (χ2v) is 6.27. The summed E-state index contributed by atoms with van der Waals surface area (Å²) in [6.45, 7) is 4.88. The fraction of sp³-hybridized carbons (Fsp3) is 0.368. The molecule has 1 fully saturated rings. The van der Waals surface area contributed by atoms with E-state index < -0.39 is 0 Å². The van der Waals surface area contributed by atoms with Gasteiger partial charge in [0.15, 0.2) is 0 Å². The molecule has 0 radical (unpaired) electrons. The zero-order valence-electron chi connectivity index (χ0n) is 14.1. The lowest BCUT2D eigenvalue weighted by atomic mass is 10.1. The van der Waals surface area contributed by atoms with Gasteiger partial charge in [0, 0.05) is 19.6 Å². The molecule has 0 saturated carbocycles. The van der Waals surface area contributed by atoms with Gasteiger partial charge in [0.1, 0.15) is 25.0 Å². The molecule has 4 rings (SSSR count). The quantitative estimate of drug-likeness (QED) is 0.690. The number of nitrogens with zero attached hydrogens (tertiary/aromatic N) is 4. The zero-order valence-corrected chi connectivity index (χ0v) is 14.1. The zero-order chi connectivity index (χ0) is 16.9. The second kappa shape index (κ2) is 7.63. The minimum absolute atomic E-state index is 0.149. The maximum Gasteiger partial charge on any atom is 0.137 e. The number of fused-ring (bicyclic) bond motifs is 1. The van der Waals surface area contributed by atoms with E-state index in [1.165, 1.54) is 10.8 Å². The molecule has 1 atom stereocenters. The summed E-state index contributed by atoms with van der Waals surface area (Å²) in [5, 5.41) is 6.59. The first-order chi connectivity index (χ1) is 12.4. The number of benzene rings is 2. The molecule has 1 aromatic heterocycles. The standard InChI is InChI=1S/C19H22N4O2/c1-2-4-17-11-18(6-5-16(17)3-1)24-9-7-22-8-10-25-19(12-22)13-23-15-20-14-21-23/h1-6,11,14-15,19H,7-10,12-13H2/t19-/m1/s1. The van der Waals surface area contributed by atoms with Gasteiger partial charge in [-0.25, -0.2) is 4.98 Å². The SMILES string of the molecule is c1ccc2cc(OCCN3CCO[C@@H](Cn4cncn4)C3)ccc2c1.